The monoisotopic (exact) mass is 243 g/mol. The maximum atomic E-state index is 5.11. The van der Waals surface area contributed by atoms with Crippen LogP contribution in [0.5, 0.6) is 5.75 Å². The molecule has 3 rings (SSSR count). The molecule has 7 nitrogen and oxygen atoms in total. The number of nitrogens with zero attached hydrogens (tertiary/aromatic N) is 5. The van der Waals surface area contributed by atoms with Crippen LogP contribution in [0, 0.1) is 0 Å². The number of aromatic nitrogens is 3. The van der Waals surface area contributed by atoms with Crippen LogP contribution in [0.1, 0.15) is 0 Å². The predicted molar refractivity (Wildman–Crippen MR) is 66.6 cm³/mol. The summed E-state index contributed by atoms with van der Waals surface area (Å²) in [7, 11) is 1.64. The average molecular weight is 243 g/mol. The van der Waals surface area contributed by atoms with Gasteiger partial charge in [-0.2, -0.15) is 0 Å². The van der Waals surface area contributed by atoms with Crippen LogP contribution in [0.15, 0.2) is 35.6 Å². The highest BCUT2D eigenvalue weighted by molar-refractivity contribution is 5.81. The second kappa shape index (κ2) is 4.36. The van der Waals surface area contributed by atoms with Gasteiger partial charge in [0.05, 0.1) is 19.0 Å². The molecule has 7 heteroatoms. The zero-order chi connectivity index (χ0) is 12.4. The van der Waals surface area contributed by atoms with Crippen molar-refractivity contribution in [3.63, 3.8) is 0 Å². The summed E-state index contributed by atoms with van der Waals surface area (Å²) in [5, 5.41) is 16.2. The molecule has 0 saturated heterocycles. The lowest BCUT2D eigenvalue weighted by atomic mass is 10.3. The zero-order valence-electron chi connectivity index (χ0n) is 9.74. The van der Waals surface area contributed by atoms with Gasteiger partial charge in [0, 0.05) is 0 Å². The Kier molecular flexibility index (Phi) is 2.56. The maximum absolute atomic E-state index is 5.11. The Morgan fingerprint density at radius 2 is 2.17 bits per heavy atom. The van der Waals surface area contributed by atoms with Crippen molar-refractivity contribution in [3.8, 4) is 5.75 Å². The van der Waals surface area contributed by atoms with Gasteiger partial charge < -0.3 is 4.74 Å². The molecule has 0 spiro atoms. The van der Waals surface area contributed by atoms with E-state index in [0.29, 0.717) is 12.5 Å². The standard InChI is InChI=1S/C11H11N6O/c1-18-10-4-2-9(3-5-10)17-8-16(7-13-17)11-6-12-15-14-11/h2-6H,8H2,1H3,(H,12,14,15). The Morgan fingerprint density at radius 3 is 2.83 bits per heavy atom. The van der Waals surface area contributed by atoms with Crippen molar-refractivity contribution in [1.82, 2.24) is 15.4 Å². The van der Waals surface area contributed by atoms with Gasteiger partial charge >= 0.3 is 0 Å². The fraction of sp³-hybridized carbons (Fsp3) is 0.182. The molecule has 1 aliphatic rings. The van der Waals surface area contributed by atoms with E-state index in [9.17, 15) is 0 Å². The van der Waals surface area contributed by atoms with E-state index >= 15 is 0 Å². The molecule has 0 aliphatic carbocycles. The number of rotatable bonds is 3. The maximum Gasteiger partial charge on any atom is 0.201 e. The first-order valence-electron chi connectivity index (χ1n) is 5.39. The van der Waals surface area contributed by atoms with E-state index in [0.717, 1.165) is 11.4 Å². The first kappa shape index (κ1) is 10.6. The molecular formula is C11H11N6O. The number of hydrogen-bond donors (Lipinski definition) is 1. The molecule has 1 N–H and O–H groups in total. The highest BCUT2D eigenvalue weighted by Crippen LogP contribution is 2.22. The Balaban J connectivity index is 1.74. The second-order valence-corrected chi connectivity index (χ2v) is 3.70. The summed E-state index contributed by atoms with van der Waals surface area (Å²) >= 11 is 0. The fourth-order valence-electron chi connectivity index (χ4n) is 1.65. The van der Waals surface area contributed by atoms with Gasteiger partial charge in [-0.25, -0.2) is 5.01 Å². The van der Waals surface area contributed by atoms with Crippen molar-refractivity contribution in [1.29, 1.82) is 0 Å². The van der Waals surface area contributed by atoms with E-state index in [2.05, 4.69) is 26.9 Å². The third-order valence-electron chi connectivity index (χ3n) is 2.61. The molecule has 1 aromatic carbocycles. The zero-order valence-corrected chi connectivity index (χ0v) is 9.74. The lowest BCUT2D eigenvalue weighted by Crippen LogP contribution is -2.26. The first-order chi connectivity index (χ1) is 8.86. The minimum absolute atomic E-state index is 0.554. The van der Waals surface area contributed by atoms with E-state index < -0.39 is 0 Å². The van der Waals surface area contributed by atoms with E-state index in [4.69, 9.17) is 4.74 Å². The summed E-state index contributed by atoms with van der Waals surface area (Å²) in [5.41, 5.74) is 0.967. The van der Waals surface area contributed by atoms with Crippen molar-refractivity contribution in [3.05, 3.63) is 30.5 Å². The van der Waals surface area contributed by atoms with Crippen molar-refractivity contribution in [2.45, 2.75) is 0 Å². The topological polar surface area (TPSA) is 69.6 Å². The third kappa shape index (κ3) is 1.86. The molecule has 0 bridgehead atoms. The number of hydrazone groups is 1. The molecule has 0 saturated carbocycles. The number of aromatic amines is 1. The van der Waals surface area contributed by atoms with Gasteiger partial charge in [-0.3, -0.25) is 10.00 Å². The lowest BCUT2D eigenvalue weighted by Gasteiger charge is -2.16. The number of H-pyrrole nitrogens is 1. The molecular weight excluding hydrogens is 232 g/mol. The predicted octanol–water partition coefficient (Wildman–Crippen LogP) is 0.918. The number of ether oxygens (including phenoxy) is 1. The summed E-state index contributed by atoms with van der Waals surface area (Å²) in [5.74, 6) is 1.51. The van der Waals surface area contributed by atoms with Crippen LogP contribution in [-0.4, -0.2) is 35.5 Å². The van der Waals surface area contributed by atoms with Gasteiger partial charge in [0.15, 0.2) is 5.82 Å². The van der Waals surface area contributed by atoms with Crippen molar-refractivity contribution in [2.75, 3.05) is 23.7 Å². The van der Waals surface area contributed by atoms with E-state index in [1.54, 1.807) is 18.2 Å². The lowest BCUT2D eigenvalue weighted by molar-refractivity contribution is 0.415. The largest absolute Gasteiger partial charge is 0.497 e. The van der Waals surface area contributed by atoms with Gasteiger partial charge in [-0.05, 0) is 24.3 Å². The molecule has 2 aromatic rings. The van der Waals surface area contributed by atoms with Crippen LogP contribution in [0.4, 0.5) is 11.5 Å². The van der Waals surface area contributed by atoms with Crippen LogP contribution in [-0.2, 0) is 0 Å². The van der Waals surface area contributed by atoms with E-state index in [1.807, 2.05) is 29.3 Å². The number of anilines is 2. The van der Waals surface area contributed by atoms with Gasteiger partial charge in [-0.15, -0.1) is 10.2 Å². The molecule has 0 unspecified atom stereocenters. The Bertz CT molecular complexity index is 535. The molecule has 0 atom stereocenters. The molecule has 1 aromatic heterocycles. The molecule has 2 heterocycles. The summed E-state index contributed by atoms with van der Waals surface area (Å²) in [4.78, 5) is 1.77. The van der Waals surface area contributed by atoms with Crippen molar-refractivity contribution in [2.24, 2.45) is 5.10 Å². The minimum Gasteiger partial charge on any atom is -0.497 e. The summed E-state index contributed by atoms with van der Waals surface area (Å²) in [6.45, 7) is 0.554. The molecule has 1 radical (unpaired) electrons. The van der Waals surface area contributed by atoms with Crippen molar-refractivity contribution >= 4 is 17.8 Å². The van der Waals surface area contributed by atoms with E-state index in [-0.39, 0.29) is 0 Å². The molecule has 18 heavy (non-hydrogen) atoms. The third-order valence-corrected chi connectivity index (χ3v) is 2.61. The summed E-state index contributed by atoms with van der Waals surface area (Å²) in [6.07, 6.45) is 4.56. The molecule has 91 valence electrons. The smallest absolute Gasteiger partial charge is 0.201 e. The summed E-state index contributed by atoms with van der Waals surface area (Å²) in [6, 6.07) is 7.67. The van der Waals surface area contributed by atoms with E-state index in [1.165, 1.54) is 0 Å². The number of methoxy groups -OCH3 is 1. The molecule has 1 aliphatic heterocycles. The summed E-state index contributed by atoms with van der Waals surface area (Å²) < 4.78 is 5.11. The Hall–Kier alpha value is -2.57. The first-order valence-corrected chi connectivity index (χ1v) is 5.39. The van der Waals surface area contributed by atoms with Crippen LogP contribution in [0.3, 0.4) is 0 Å². The van der Waals surface area contributed by atoms with Gasteiger partial charge in [0.1, 0.15) is 12.4 Å². The molecule has 0 amide bonds. The number of hydrogen-bond acceptors (Lipinski definition) is 6. The van der Waals surface area contributed by atoms with Gasteiger partial charge in [0.25, 0.3) is 0 Å². The highest BCUT2D eigenvalue weighted by Gasteiger charge is 2.19. The minimum atomic E-state index is 0.554. The fourth-order valence-corrected chi connectivity index (χ4v) is 1.65. The normalized spacial score (nSPS) is 14.3. The van der Waals surface area contributed by atoms with Gasteiger partial charge in [-0.1, -0.05) is 5.21 Å². The highest BCUT2D eigenvalue weighted by atomic mass is 16.5. The molecule has 0 fully saturated rings. The Labute approximate surface area is 104 Å². The van der Waals surface area contributed by atoms with Crippen LogP contribution in [0.25, 0.3) is 0 Å². The number of benzene rings is 1. The quantitative estimate of drug-likeness (QED) is 0.868. The average Bonchev–Trinajstić information content (AvgIpc) is 3.09. The second-order valence-electron chi connectivity index (χ2n) is 3.70. The number of nitrogens with one attached hydrogen (secondary N) is 1. The van der Waals surface area contributed by atoms with Gasteiger partial charge in [0.2, 0.25) is 6.34 Å². The van der Waals surface area contributed by atoms with Crippen LogP contribution >= 0.6 is 0 Å². The van der Waals surface area contributed by atoms with Crippen LogP contribution < -0.4 is 14.6 Å². The SMILES string of the molecule is COc1ccc(N2CN(c3c[nH]nn3)[C]=N2)cc1. The Morgan fingerprint density at radius 1 is 1.33 bits per heavy atom. The van der Waals surface area contributed by atoms with Crippen LogP contribution in [0.2, 0.25) is 0 Å². The van der Waals surface area contributed by atoms with Crippen molar-refractivity contribution < 1.29 is 4.74 Å².